The summed E-state index contributed by atoms with van der Waals surface area (Å²) >= 11 is 0. The topological polar surface area (TPSA) is 104 Å². The molecule has 2 aromatic heterocycles. The Balaban J connectivity index is 1.31. The summed E-state index contributed by atoms with van der Waals surface area (Å²) < 4.78 is 56.1. The Morgan fingerprint density at radius 3 is 2.67 bits per heavy atom. The monoisotopic (exact) mass is 499 g/mol. The van der Waals surface area contributed by atoms with E-state index < -0.39 is 11.7 Å². The molecule has 0 atom stereocenters. The summed E-state index contributed by atoms with van der Waals surface area (Å²) in [6.45, 7) is 1.00. The molecule has 36 heavy (non-hydrogen) atoms. The van der Waals surface area contributed by atoms with Crippen LogP contribution in [0.5, 0.6) is 5.75 Å². The minimum absolute atomic E-state index is 0.00623. The second kappa shape index (κ2) is 9.46. The number of hydrogen-bond acceptors (Lipinski definition) is 7. The van der Waals surface area contributed by atoms with Crippen molar-refractivity contribution in [1.29, 1.82) is 0 Å². The number of hydrogen-bond donors (Lipinski definition) is 1. The minimum atomic E-state index is -4.42. The van der Waals surface area contributed by atoms with E-state index in [1.54, 1.807) is 36.0 Å². The zero-order chi connectivity index (χ0) is 25.3. The van der Waals surface area contributed by atoms with E-state index in [4.69, 9.17) is 14.0 Å². The quantitative estimate of drug-likeness (QED) is 0.412. The number of aromatic nitrogens is 4. The Bertz CT molecular complexity index is 1380. The third-order valence-corrected chi connectivity index (χ3v) is 5.63. The minimum Gasteiger partial charge on any atom is -0.487 e. The first kappa shape index (κ1) is 23.5. The van der Waals surface area contributed by atoms with Crippen molar-refractivity contribution in [2.45, 2.75) is 18.8 Å². The van der Waals surface area contributed by atoms with Gasteiger partial charge in [0.1, 0.15) is 12.4 Å². The molecule has 1 N–H and O–H groups in total. The zero-order valence-electron chi connectivity index (χ0n) is 19.0. The highest BCUT2D eigenvalue weighted by Gasteiger charge is 2.30. The lowest BCUT2D eigenvalue weighted by atomic mass is 10.1. The van der Waals surface area contributed by atoms with Crippen LogP contribution in [0.1, 0.15) is 21.6 Å². The molecule has 0 spiro atoms. The van der Waals surface area contributed by atoms with E-state index in [1.807, 2.05) is 0 Å². The van der Waals surface area contributed by atoms with E-state index >= 15 is 0 Å². The number of ether oxygens (including phenoxy) is 2. The standard InChI is InChI=1S/C24H20F3N5O4/c1-32-20(13-35-18-7-5-16(6-8-18)24(25,26)27)19(10-28-32)23-30-21(31-36-23)14-3-2-4-15(9-14)22(33)29-17-11-34-12-17/h2-10,17H,11-13H2,1H3,(H,29,33). The van der Waals surface area contributed by atoms with Crippen molar-refractivity contribution in [2.24, 2.45) is 7.05 Å². The van der Waals surface area contributed by atoms with Crippen molar-refractivity contribution in [3.05, 3.63) is 71.5 Å². The Morgan fingerprint density at radius 2 is 1.97 bits per heavy atom. The Morgan fingerprint density at radius 1 is 1.19 bits per heavy atom. The van der Waals surface area contributed by atoms with Gasteiger partial charge in [-0.1, -0.05) is 17.3 Å². The number of halogens is 3. The third-order valence-electron chi connectivity index (χ3n) is 5.63. The predicted octanol–water partition coefficient (Wildman–Crippen LogP) is 3.86. The Kier molecular flexibility index (Phi) is 6.18. The van der Waals surface area contributed by atoms with Gasteiger partial charge in [0.2, 0.25) is 5.82 Å². The molecule has 1 fully saturated rings. The zero-order valence-corrected chi connectivity index (χ0v) is 19.0. The van der Waals surface area contributed by atoms with E-state index in [0.717, 1.165) is 12.1 Å². The highest BCUT2D eigenvalue weighted by atomic mass is 19.4. The summed E-state index contributed by atoms with van der Waals surface area (Å²) in [4.78, 5) is 16.9. The van der Waals surface area contributed by atoms with E-state index in [9.17, 15) is 18.0 Å². The third kappa shape index (κ3) is 4.93. The molecule has 1 aliphatic rings. The average Bonchev–Trinajstić information content (AvgIpc) is 3.46. The lowest BCUT2D eigenvalue weighted by Crippen LogP contribution is -2.48. The van der Waals surface area contributed by atoms with Gasteiger partial charge in [0.25, 0.3) is 11.8 Å². The summed E-state index contributed by atoms with van der Waals surface area (Å²) in [7, 11) is 1.70. The van der Waals surface area contributed by atoms with Crippen molar-refractivity contribution in [2.75, 3.05) is 13.2 Å². The van der Waals surface area contributed by atoms with Crippen LogP contribution in [0.15, 0.2) is 59.3 Å². The van der Waals surface area contributed by atoms with Gasteiger partial charge >= 0.3 is 6.18 Å². The average molecular weight is 499 g/mol. The number of aryl methyl sites for hydroxylation is 1. The molecule has 5 rings (SSSR count). The summed E-state index contributed by atoms with van der Waals surface area (Å²) in [6, 6.07) is 11.3. The largest absolute Gasteiger partial charge is 0.487 e. The van der Waals surface area contributed by atoms with Crippen molar-refractivity contribution in [3.63, 3.8) is 0 Å². The number of nitrogens with one attached hydrogen (secondary N) is 1. The number of rotatable bonds is 7. The summed E-state index contributed by atoms with van der Waals surface area (Å²) in [6.07, 6.45) is -2.88. The van der Waals surface area contributed by atoms with Crippen LogP contribution in [0.2, 0.25) is 0 Å². The Hall–Kier alpha value is -4.19. The maximum atomic E-state index is 12.8. The molecule has 12 heteroatoms. The molecule has 0 unspecified atom stereocenters. The van der Waals surface area contributed by atoms with Crippen LogP contribution in [0.4, 0.5) is 13.2 Å². The van der Waals surface area contributed by atoms with Crippen LogP contribution in [0.25, 0.3) is 22.8 Å². The molecular weight excluding hydrogens is 479 g/mol. The summed E-state index contributed by atoms with van der Waals surface area (Å²) in [5.41, 5.74) is 1.39. The molecule has 3 heterocycles. The highest BCUT2D eigenvalue weighted by Crippen LogP contribution is 2.31. The smallest absolute Gasteiger partial charge is 0.416 e. The molecule has 4 aromatic rings. The molecule has 9 nitrogen and oxygen atoms in total. The molecule has 2 aromatic carbocycles. The van der Waals surface area contributed by atoms with Crippen LogP contribution in [-0.4, -0.2) is 45.1 Å². The van der Waals surface area contributed by atoms with E-state index in [-0.39, 0.29) is 36.0 Å². The van der Waals surface area contributed by atoms with Crippen molar-refractivity contribution < 1.29 is 32.0 Å². The van der Waals surface area contributed by atoms with Gasteiger partial charge in [0.15, 0.2) is 0 Å². The number of nitrogens with zero attached hydrogens (tertiary/aromatic N) is 4. The van der Waals surface area contributed by atoms with E-state index in [0.29, 0.717) is 35.6 Å². The number of carbonyl (C=O) groups is 1. The molecule has 0 radical (unpaired) electrons. The first-order valence-corrected chi connectivity index (χ1v) is 10.9. The van der Waals surface area contributed by atoms with E-state index in [1.165, 1.54) is 18.3 Å². The van der Waals surface area contributed by atoms with Crippen LogP contribution in [-0.2, 0) is 24.6 Å². The summed E-state index contributed by atoms with van der Waals surface area (Å²) in [5, 5.41) is 11.1. The number of amides is 1. The molecular formula is C24H20F3N5O4. The molecule has 1 saturated heterocycles. The van der Waals surface area contributed by atoms with Gasteiger partial charge < -0.3 is 19.3 Å². The van der Waals surface area contributed by atoms with Crippen molar-refractivity contribution in [1.82, 2.24) is 25.2 Å². The first-order valence-electron chi connectivity index (χ1n) is 10.9. The van der Waals surface area contributed by atoms with Gasteiger partial charge in [0.05, 0.1) is 42.3 Å². The fraction of sp³-hybridized carbons (Fsp3) is 0.250. The van der Waals surface area contributed by atoms with Gasteiger partial charge in [-0.2, -0.15) is 23.3 Å². The lowest BCUT2D eigenvalue weighted by Gasteiger charge is -2.26. The fourth-order valence-corrected chi connectivity index (χ4v) is 3.54. The normalized spacial score (nSPS) is 13.9. The number of carbonyl (C=O) groups excluding carboxylic acids is 1. The van der Waals surface area contributed by atoms with Gasteiger partial charge in [-0.25, -0.2) is 0 Å². The van der Waals surface area contributed by atoms with E-state index in [2.05, 4.69) is 20.6 Å². The molecule has 1 aliphatic heterocycles. The first-order chi connectivity index (χ1) is 17.3. The molecule has 1 amide bonds. The van der Waals surface area contributed by atoms with Gasteiger partial charge in [0, 0.05) is 18.2 Å². The van der Waals surface area contributed by atoms with Crippen LogP contribution >= 0.6 is 0 Å². The van der Waals surface area contributed by atoms with Gasteiger partial charge in [-0.15, -0.1) is 0 Å². The molecule has 0 saturated carbocycles. The SMILES string of the molecule is Cn1ncc(-c2nc(-c3cccc(C(=O)NC4COC4)c3)no2)c1COc1ccc(C(F)(F)F)cc1. The van der Waals surface area contributed by atoms with Crippen LogP contribution < -0.4 is 10.1 Å². The van der Waals surface area contributed by atoms with Gasteiger partial charge in [-0.05, 0) is 36.4 Å². The highest BCUT2D eigenvalue weighted by molar-refractivity contribution is 5.95. The van der Waals surface area contributed by atoms with Crippen molar-refractivity contribution in [3.8, 4) is 28.6 Å². The fourth-order valence-electron chi connectivity index (χ4n) is 3.54. The van der Waals surface area contributed by atoms with Crippen LogP contribution in [0.3, 0.4) is 0 Å². The second-order valence-electron chi connectivity index (χ2n) is 8.15. The Labute approximate surface area is 202 Å². The lowest BCUT2D eigenvalue weighted by molar-refractivity contribution is -0.137. The summed E-state index contributed by atoms with van der Waals surface area (Å²) in [5.74, 6) is 0.518. The number of benzene rings is 2. The molecule has 0 bridgehead atoms. The molecule has 0 aliphatic carbocycles. The van der Waals surface area contributed by atoms with Crippen LogP contribution in [0, 0.1) is 0 Å². The second-order valence-corrected chi connectivity index (χ2v) is 8.15. The van der Waals surface area contributed by atoms with Crippen molar-refractivity contribution >= 4 is 5.91 Å². The maximum Gasteiger partial charge on any atom is 0.416 e. The van der Waals surface area contributed by atoms with Gasteiger partial charge in [-0.3, -0.25) is 9.48 Å². The predicted molar refractivity (Wildman–Crippen MR) is 120 cm³/mol. The maximum absolute atomic E-state index is 12.8. The molecule has 186 valence electrons. The number of alkyl halides is 3.